The van der Waals surface area contributed by atoms with Gasteiger partial charge in [-0.15, -0.1) is 0 Å². The molecule has 2 aromatic rings. The monoisotopic (exact) mass is 396 g/mol. The number of amides is 1. The molecule has 3 aliphatic heterocycles. The second-order valence-electron chi connectivity index (χ2n) is 8.12. The largest absolute Gasteiger partial charge is 0.439 e. The van der Waals surface area contributed by atoms with Crippen molar-refractivity contribution in [2.75, 3.05) is 39.3 Å². The lowest BCUT2D eigenvalue weighted by Crippen LogP contribution is -2.55. The Balaban J connectivity index is 1.14. The van der Waals surface area contributed by atoms with Crippen molar-refractivity contribution >= 4 is 5.91 Å². The summed E-state index contributed by atoms with van der Waals surface area (Å²) in [4.78, 5) is 21.8. The van der Waals surface area contributed by atoms with Crippen LogP contribution in [0.1, 0.15) is 12.3 Å². The van der Waals surface area contributed by atoms with Crippen LogP contribution in [-0.2, 0) is 11.3 Å². The van der Waals surface area contributed by atoms with E-state index in [0.29, 0.717) is 18.5 Å². The van der Waals surface area contributed by atoms with Crippen molar-refractivity contribution < 1.29 is 9.21 Å². The van der Waals surface area contributed by atoms with Crippen molar-refractivity contribution in [2.24, 2.45) is 5.92 Å². The number of hydrazine groups is 1. The van der Waals surface area contributed by atoms with Crippen molar-refractivity contribution in [3.63, 3.8) is 0 Å². The van der Waals surface area contributed by atoms with Crippen LogP contribution in [0.5, 0.6) is 0 Å². The molecule has 8 nitrogen and oxygen atoms in total. The number of carbonyl (C=O) groups is 1. The summed E-state index contributed by atoms with van der Waals surface area (Å²) in [5.74, 6) is 2.07. The normalized spacial score (nSPS) is 27.7. The number of carbonyl (C=O) groups excluding carboxylic acids is 1. The number of hydrogen-bond donors (Lipinski definition) is 3. The van der Waals surface area contributed by atoms with Crippen LogP contribution in [0.25, 0.3) is 11.3 Å². The molecule has 0 bridgehead atoms. The van der Waals surface area contributed by atoms with Gasteiger partial charge in [0.05, 0.1) is 12.7 Å². The van der Waals surface area contributed by atoms with Gasteiger partial charge in [-0.25, -0.2) is 10.4 Å². The number of piperazine rings is 1. The average Bonchev–Trinajstić information content (AvgIpc) is 3.42. The first-order valence-corrected chi connectivity index (χ1v) is 10.5. The van der Waals surface area contributed by atoms with Crippen LogP contribution in [0.15, 0.2) is 40.9 Å². The smallest absolute Gasteiger partial charge is 0.241 e. The standard InChI is InChI=1S/C21H28N6O2/c28-21(20-16-12-22-7-6-17(16)24-25-20)27-10-8-26(9-11-27)14-19-23-13-18(29-19)15-4-2-1-3-5-15/h1-5,13,16-17,20,22,24-25H,6-12,14H2. The number of oxazole rings is 1. The maximum absolute atomic E-state index is 13.0. The lowest BCUT2D eigenvalue weighted by atomic mass is 9.89. The van der Waals surface area contributed by atoms with E-state index in [1.165, 1.54) is 0 Å². The van der Waals surface area contributed by atoms with Crippen molar-refractivity contribution in [2.45, 2.75) is 25.0 Å². The summed E-state index contributed by atoms with van der Waals surface area (Å²) in [5, 5.41) is 3.42. The van der Waals surface area contributed by atoms with Crippen molar-refractivity contribution in [1.29, 1.82) is 0 Å². The first kappa shape index (κ1) is 18.7. The van der Waals surface area contributed by atoms with E-state index in [1.807, 2.05) is 35.2 Å². The zero-order valence-electron chi connectivity index (χ0n) is 16.5. The highest BCUT2D eigenvalue weighted by atomic mass is 16.4. The molecule has 8 heteroatoms. The SMILES string of the molecule is O=C(C1NNC2CCNCC21)N1CCN(Cc2ncc(-c3ccccc3)o2)CC1. The fourth-order valence-electron chi connectivity index (χ4n) is 4.59. The molecular formula is C21H28N6O2. The number of nitrogens with one attached hydrogen (secondary N) is 3. The summed E-state index contributed by atoms with van der Waals surface area (Å²) in [6, 6.07) is 10.3. The Hall–Kier alpha value is -2.26. The van der Waals surface area contributed by atoms with E-state index in [4.69, 9.17) is 4.42 Å². The van der Waals surface area contributed by atoms with Gasteiger partial charge in [-0.3, -0.25) is 15.1 Å². The molecule has 1 aromatic heterocycles. The molecule has 0 saturated carbocycles. The van der Waals surface area contributed by atoms with Gasteiger partial charge in [0.1, 0.15) is 6.04 Å². The Morgan fingerprint density at radius 1 is 1.14 bits per heavy atom. The van der Waals surface area contributed by atoms with Crippen molar-refractivity contribution in [3.8, 4) is 11.3 Å². The lowest BCUT2D eigenvalue weighted by Gasteiger charge is -2.36. The molecule has 0 aliphatic carbocycles. The molecule has 3 saturated heterocycles. The minimum absolute atomic E-state index is 0.125. The quantitative estimate of drug-likeness (QED) is 0.691. The van der Waals surface area contributed by atoms with E-state index in [9.17, 15) is 4.79 Å². The van der Waals surface area contributed by atoms with Gasteiger partial charge in [-0.1, -0.05) is 30.3 Å². The van der Waals surface area contributed by atoms with E-state index in [0.717, 1.165) is 62.9 Å². The summed E-state index contributed by atoms with van der Waals surface area (Å²) in [6.45, 7) is 5.74. The Bertz CT molecular complexity index is 833. The van der Waals surface area contributed by atoms with Gasteiger partial charge in [0, 0.05) is 50.2 Å². The Morgan fingerprint density at radius 2 is 1.97 bits per heavy atom. The minimum atomic E-state index is -0.125. The predicted molar refractivity (Wildman–Crippen MR) is 109 cm³/mol. The number of hydrogen-bond acceptors (Lipinski definition) is 7. The number of piperidine rings is 1. The van der Waals surface area contributed by atoms with Crippen molar-refractivity contribution in [3.05, 3.63) is 42.4 Å². The molecule has 5 rings (SSSR count). The van der Waals surface area contributed by atoms with Gasteiger partial charge < -0.3 is 14.6 Å². The Morgan fingerprint density at radius 3 is 2.79 bits per heavy atom. The predicted octanol–water partition coefficient (Wildman–Crippen LogP) is 0.440. The second kappa shape index (κ2) is 8.23. The van der Waals surface area contributed by atoms with Gasteiger partial charge >= 0.3 is 0 Å². The highest BCUT2D eigenvalue weighted by Crippen LogP contribution is 2.23. The maximum atomic E-state index is 13.0. The van der Waals surface area contributed by atoms with Gasteiger partial charge in [-0.2, -0.15) is 0 Å². The maximum Gasteiger partial charge on any atom is 0.241 e. The lowest BCUT2D eigenvalue weighted by molar-refractivity contribution is -0.136. The third-order valence-corrected chi connectivity index (χ3v) is 6.30. The average molecular weight is 396 g/mol. The van der Waals surface area contributed by atoms with Crippen LogP contribution in [0.2, 0.25) is 0 Å². The number of nitrogens with zero attached hydrogens (tertiary/aromatic N) is 3. The van der Waals surface area contributed by atoms with E-state index < -0.39 is 0 Å². The molecule has 3 atom stereocenters. The van der Waals surface area contributed by atoms with Crippen LogP contribution in [0.4, 0.5) is 0 Å². The summed E-state index contributed by atoms with van der Waals surface area (Å²) in [6.07, 6.45) is 2.86. The van der Waals surface area contributed by atoms with Crippen LogP contribution in [-0.4, -0.2) is 72.0 Å². The number of rotatable bonds is 4. The minimum Gasteiger partial charge on any atom is -0.439 e. The number of fused-ring (bicyclic) bond motifs is 1. The van der Waals surface area contributed by atoms with Crippen molar-refractivity contribution in [1.82, 2.24) is 31.0 Å². The number of benzene rings is 1. The molecule has 0 spiro atoms. The topological polar surface area (TPSA) is 85.7 Å². The van der Waals surface area contributed by atoms with E-state index in [2.05, 4.69) is 26.1 Å². The molecule has 3 fully saturated rings. The van der Waals surface area contributed by atoms with Crippen LogP contribution >= 0.6 is 0 Å². The zero-order chi connectivity index (χ0) is 19.6. The van der Waals surface area contributed by atoms with Crippen LogP contribution < -0.4 is 16.2 Å². The Kier molecular flexibility index (Phi) is 5.32. The summed E-state index contributed by atoms with van der Waals surface area (Å²) >= 11 is 0. The summed E-state index contributed by atoms with van der Waals surface area (Å²) < 4.78 is 5.93. The number of aromatic nitrogens is 1. The molecule has 3 unspecified atom stereocenters. The molecule has 1 aromatic carbocycles. The molecule has 3 N–H and O–H groups in total. The van der Waals surface area contributed by atoms with E-state index in [-0.39, 0.29) is 11.9 Å². The van der Waals surface area contributed by atoms with Gasteiger partial charge in [0.2, 0.25) is 11.8 Å². The highest BCUT2D eigenvalue weighted by molar-refractivity contribution is 5.83. The molecule has 1 amide bonds. The zero-order valence-corrected chi connectivity index (χ0v) is 16.5. The molecule has 3 aliphatic rings. The van der Waals surface area contributed by atoms with Gasteiger partial charge in [0.15, 0.2) is 5.76 Å². The van der Waals surface area contributed by atoms with E-state index >= 15 is 0 Å². The summed E-state index contributed by atoms with van der Waals surface area (Å²) in [7, 11) is 0. The van der Waals surface area contributed by atoms with Gasteiger partial charge in [0.25, 0.3) is 0 Å². The molecule has 29 heavy (non-hydrogen) atoms. The second-order valence-corrected chi connectivity index (χ2v) is 8.12. The first-order valence-electron chi connectivity index (χ1n) is 10.5. The van der Waals surface area contributed by atoms with Crippen LogP contribution in [0.3, 0.4) is 0 Å². The molecule has 4 heterocycles. The summed E-state index contributed by atoms with van der Waals surface area (Å²) in [5.41, 5.74) is 7.60. The Labute approximate surface area is 170 Å². The van der Waals surface area contributed by atoms with Crippen LogP contribution in [0, 0.1) is 5.92 Å². The molecule has 154 valence electrons. The van der Waals surface area contributed by atoms with E-state index in [1.54, 1.807) is 6.20 Å². The third-order valence-electron chi connectivity index (χ3n) is 6.30. The fraction of sp³-hybridized carbons (Fsp3) is 0.524. The third kappa shape index (κ3) is 3.93. The molecular weight excluding hydrogens is 368 g/mol. The van der Waals surface area contributed by atoms with Gasteiger partial charge in [-0.05, 0) is 13.0 Å². The first-order chi connectivity index (χ1) is 14.3. The molecule has 0 radical (unpaired) electrons. The highest BCUT2D eigenvalue weighted by Gasteiger charge is 2.43. The fourth-order valence-corrected chi connectivity index (χ4v) is 4.59.